The molecule has 0 radical (unpaired) electrons. The Balaban J connectivity index is 3.71. The molecular weight excluding hydrogens is 120 g/mol. The van der Waals surface area contributed by atoms with E-state index in [9.17, 15) is 9.59 Å². The van der Waals surface area contributed by atoms with Crippen molar-refractivity contribution in [2.24, 2.45) is 0 Å². The molecule has 50 valence electrons. The third-order valence-corrected chi connectivity index (χ3v) is 0.760. The summed E-state index contributed by atoms with van der Waals surface area (Å²) in [6.45, 7) is 1.68. The molecule has 0 aliphatic rings. The monoisotopic (exact) mass is 128 g/mol. The Morgan fingerprint density at radius 2 is 2.00 bits per heavy atom. The van der Waals surface area contributed by atoms with Crippen LogP contribution in [-0.2, 0) is 9.59 Å². The molecule has 0 aliphatic heterocycles. The molecule has 0 aliphatic carbocycles. The quantitative estimate of drug-likeness (QED) is 0.566. The van der Waals surface area contributed by atoms with Gasteiger partial charge in [0.25, 0.3) is 0 Å². The molecule has 0 aromatic carbocycles. The van der Waals surface area contributed by atoms with Crippen LogP contribution >= 0.6 is 0 Å². The highest BCUT2D eigenvalue weighted by atomic mass is 16.4. The van der Waals surface area contributed by atoms with Gasteiger partial charge in [0.15, 0.2) is 5.78 Å². The molecule has 0 heterocycles. The van der Waals surface area contributed by atoms with E-state index in [1.54, 1.807) is 6.92 Å². The number of hydrogen-bond donors (Lipinski definition) is 1. The van der Waals surface area contributed by atoms with Gasteiger partial charge in [-0.3, -0.25) is 4.79 Å². The minimum atomic E-state index is -1.09. The summed E-state index contributed by atoms with van der Waals surface area (Å²) in [5.74, 6) is -1.26. The predicted octanol–water partition coefficient (Wildman–Crippen LogP) is 0.606. The van der Waals surface area contributed by atoms with Gasteiger partial charge in [0.1, 0.15) is 0 Å². The van der Waals surface area contributed by atoms with Crippen LogP contribution in [0.3, 0.4) is 0 Å². The first-order valence-electron chi connectivity index (χ1n) is 2.60. The Bertz CT molecular complexity index is 146. The standard InChI is InChI=1S/C6H8O3/c1-2-5(7)3-4-6(8)9/h3-4H,2H2,1H3,(H,8,9)/b4-3-. The smallest absolute Gasteiger partial charge is 0.328 e. The van der Waals surface area contributed by atoms with Gasteiger partial charge in [-0.1, -0.05) is 6.92 Å². The summed E-state index contributed by atoms with van der Waals surface area (Å²) in [5, 5.41) is 8.02. The average molecular weight is 128 g/mol. The summed E-state index contributed by atoms with van der Waals surface area (Å²) >= 11 is 0. The van der Waals surface area contributed by atoms with Crippen molar-refractivity contribution in [2.75, 3.05) is 0 Å². The molecule has 3 nitrogen and oxygen atoms in total. The lowest BCUT2D eigenvalue weighted by atomic mass is 10.3. The van der Waals surface area contributed by atoms with Crippen molar-refractivity contribution in [3.63, 3.8) is 0 Å². The van der Waals surface area contributed by atoms with Gasteiger partial charge in [0, 0.05) is 12.5 Å². The Morgan fingerprint density at radius 3 is 2.33 bits per heavy atom. The number of carboxylic acids is 1. The minimum absolute atomic E-state index is 0.169. The van der Waals surface area contributed by atoms with Gasteiger partial charge in [0.05, 0.1) is 0 Å². The lowest BCUT2D eigenvalue weighted by molar-refractivity contribution is -0.131. The third kappa shape index (κ3) is 4.74. The number of aliphatic carboxylic acids is 1. The number of carbonyl (C=O) groups excluding carboxylic acids is 1. The van der Waals surface area contributed by atoms with Crippen LogP contribution in [0.15, 0.2) is 12.2 Å². The van der Waals surface area contributed by atoms with Crippen LogP contribution in [0.25, 0.3) is 0 Å². The molecule has 3 heteroatoms. The summed E-state index contributed by atoms with van der Waals surface area (Å²) in [4.78, 5) is 20.1. The number of carbonyl (C=O) groups is 2. The van der Waals surface area contributed by atoms with E-state index in [0.29, 0.717) is 6.42 Å². The molecule has 9 heavy (non-hydrogen) atoms. The molecule has 0 fully saturated rings. The molecular formula is C6H8O3. The Kier molecular flexibility index (Phi) is 3.35. The van der Waals surface area contributed by atoms with Crippen LogP contribution in [0.2, 0.25) is 0 Å². The molecule has 1 N–H and O–H groups in total. The van der Waals surface area contributed by atoms with E-state index in [4.69, 9.17) is 5.11 Å². The van der Waals surface area contributed by atoms with Gasteiger partial charge in [0.2, 0.25) is 0 Å². The summed E-state index contributed by atoms with van der Waals surface area (Å²) < 4.78 is 0. The average Bonchev–Trinajstić information content (AvgIpc) is 1.83. The normalized spacial score (nSPS) is 9.89. The predicted molar refractivity (Wildman–Crippen MR) is 32.1 cm³/mol. The highest BCUT2D eigenvalue weighted by molar-refractivity contribution is 5.94. The van der Waals surface area contributed by atoms with Crippen molar-refractivity contribution < 1.29 is 14.7 Å². The molecule has 0 rings (SSSR count). The second kappa shape index (κ2) is 3.83. The summed E-state index contributed by atoms with van der Waals surface area (Å²) in [5.41, 5.74) is 0. The van der Waals surface area contributed by atoms with E-state index in [1.165, 1.54) is 0 Å². The molecule has 0 bridgehead atoms. The summed E-state index contributed by atoms with van der Waals surface area (Å²) in [7, 11) is 0. The Hall–Kier alpha value is -1.12. The van der Waals surface area contributed by atoms with Gasteiger partial charge in [-0.15, -0.1) is 0 Å². The maximum Gasteiger partial charge on any atom is 0.328 e. The van der Waals surface area contributed by atoms with Crippen molar-refractivity contribution in [3.8, 4) is 0 Å². The second-order valence-corrected chi connectivity index (χ2v) is 1.49. The van der Waals surface area contributed by atoms with Crippen LogP contribution in [-0.4, -0.2) is 16.9 Å². The van der Waals surface area contributed by atoms with E-state index < -0.39 is 5.97 Å². The van der Waals surface area contributed by atoms with Crippen LogP contribution in [0.1, 0.15) is 13.3 Å². The fourth-order valence-corrected chi connectivity index (χ4v) is 0.282. The lowest BCUT2D eigenvalue weighted by Gasteiger charge is -1.80. The molecule has 0 atom stereocenters. The lowest BCUT2D eigenvalue weighted by Crippen LogP contribution is -1.92. The van der Waals surface area contributed by atoms with Gasteiger partial charge < -0.3 is 5.11 Å². The second-order valence-electron chi connectivity index (χ2n) is 1.49. The van der Waals surface area contributed by atoms with Gasteiger partial charge >= 0.3 is 5.97 Å². The summed E-state index contributed by atoms with van der Waals surface area (Å²) in [6.07, 6.45) is 2.25. The fraction of sp³-hybridized carbons (Fsp3) is 0.333. The zero-order valence-electron chi connectivity index (χ0n) is 5.13. The first kappa shape index (κ1) is 7.88. The fourth-order valence-electron chi connectivity index (χ4n) is 0.282. The molecule has 0 saturated carbocycles. The number of allylic oxidation sites excluding steroid dienone is 1. The van der Waals surface area contributed by atoms with Crippen LogP contribution < -0.4 is 0 Å². The molecule has 0 amide bonds. The van der Waals surface area contributed by atoms with Gasteiger partial charge in [-0.25, -0.2) is 4.79 Å². The van der Waals surface area contributed by atoms with Gasteiger partial charge in [-0.2, -0.15) is 0 Å². The Morgan fingerprint density at radius 1 is 1.44 bits per heavy atom. The van der Waals surface area contributed by atoms with E-state index in [1.807, 2.05) is 0 Å². The maximum absolute atomic E-state index is 10.4. The molecule has 0 aromatic heterocycles. The van der Waals surface area contributed by atoms with Crippen molar-refractivity contribution in [1.82, 2.24) is 0 Å². The van der Waals surface area contributed by atoms with Crippen molar-refractivity contribution in [1.29, 1.82) is 0 Å². The highest BCUT2D eigenvalue weighted by Crippen LogP contribution is 1.82. The molecule has 0 unspecified atom stereocenters. The molecule has 0 saturated heterocycles. The zero-order chi connectivity index (χ0) is 7.28. The van der Waals surface area contributed by atoms with Crippen molar-refractivity contribution in [2.45, 2.75) is 13.3 Å². The largest absolute Gasteiger partial charge is 0.478 e. The van der Waals surface area contributed by atoms with Gasteiger partial charge in [-0.05, 0) is 6.08 Å². The minimum Gasteiger partial charge on any atom is -0.478 e. The van der Waals surface area contributed by atoms with Crippen molar-refractivity contribution in [3.05, 3.63) is 12.2 Å². The summed E-state index contributed by atoms with van der Waals surface area (Å²) in [6, 6.07) is 0. The maximum atomic E-state index is 10.4. The number of rotatable bonds is 3. The third-order valence-electron chi connectivity index (χ3n) is 0.760. The van der Waals surface area contributed by atoms with Crippen molar-refractivity contribution >= 4 is 11.8 Å². The number of ketones is 1. The van der Waals surface area contributed by atoms with E-state index in [0.717, 1.165) is 12.2 Å². The topological polar surface area (TPSA) is 54.4 Å². The van der Waals surface area contributed by atoms with E-state index in [2.05, 4.69) is 0 Å². The molecule has 0 spiro atoms. The molecule has 0 aromatic rings. The van der Waals surface area contributed by atoms with Crippen LogP contribution in [0.5, 0.6) is 0 Å². The number of carboxylic acid groups (broad SMARTS) is 1. The zero-order valence-corrected chi connectivity index (χ0v) is 5.13. The SMILES string of the molecule is CCC(=O)/C=C\C(=O)O. The first-order chi connectivity index (χ1) is 4.16. The van der Waals surface area contributed by atoms with E-state index >= 15 is 0 Å². The highest BCUT2D eigenvalue weighted by Gasteiger charge is 1.90. The first-order valence-corrected chi connectivity index (χ1v) is 2.60. The number of hydrogen-bond acceptors (Lipinski definition) is 2. The Labute approximate surface area is 53.0 Å². The van der Waals surface area contributed by atoms with Crippen LogP contribution in [0.4, 0.5) is 0 Å². The van der Waals surface area contributed by atoms with Crippen LogP contribution in [0, 0.1) is 0 Å². The van der Waals surface area contributed by atoms with E-state index in [-0.39, 0.29) is 5.78 Å².